The van der Waals surface area contributed by atoms with Crippen LogP contribution in [0.1, 0.15) is 37.9 Å². The van der Waals surface area contributed by atoms with Crippen molar-refractivity contribution < 1.29 is 4.42 Å². The van der Waals surface area contributed by atoms with E-state index in [1.165, 1.54) is 11.3 Å². The Balaban J connectivity index is 2.13. The molecule has 0 fully saturated rings. The molecule has 0 aliphatic heterocycles. The zero-order valence-corrected chi connectivity index (χ0v) is 11.0. The molecule has 0 saturated heterocycles. The third-order valence-electron chi connectivity index (χ3n) is 2.45. The molecule has 1 atom stereocenters. The van der Waals surface area contributed by atoms with Crippen LogP contribution in [0.3, 0.4) is 0 Å². The van der Waals surface area contributed by atoms with Gasteiger partial charge in [0.15, 0.2) is 0 Å². The minimum atomic E-state index is 0.0874. The highest BCUT2D eigenvalue weighted by molar-refractivity contribution is 7.13. The molecule has 2 rings (SSSR count). The van der Waals surface area contributed by atoms with Crippen molar-refractivity contribution in [3.63, 3.8) is 0 Å². The Morgan fingerprint density at radius 3 is 2.94 bits per heavy atom. The van der Waals surface area contributed by atoms with E-state index in [9.17, 15) is 0 Å². The van der Waals surface area contributed by atoms with Crippen LogP contribution in [0, 0.1) is 6.92 Å². The molecule has 0 aliphatic carbocycles. The summed E-state index contributed by atoms with van der Waals surface area (Å²) in [5.74, 6) is 1.19. The third kappa shape index (κ3) is 2.70. The van der Waals surface area contributed by atoms with Gasteiger partial charge in [0.25, 0.3) is 5.89 Å². The number of nitrogens with one attached hydrogen (secondary N) is 1. The van der Waals surface area contributed by atoms with Gasteiger partial charge in [0.1, 0.15) is 4.88 Å². The van der Waals surface area contributed by atoms with Gasteiger partial charge in [0.2, 0.25) is 5.89 Å². The Bertz CT molecular complexity index is 479. The van der Waals surface area contributed by atoms with Crippen molar-refractivity contribution in [3.05, 3.63) is 17.1 Å². The lowest BCUT2D eigenvalue weighted by molar-refractivity contribution is 0.423. The highest BCUT2D eigenvalue weighted by Gasteiger charge is 2.16. The average Bonchev–Trinajstić information content (AvgIpc) is 2.93. The van der Waals surface area contributed by atoms with Gasteiger partial charge in [-0.3, -0.25) is 0 Å². The van der Waals surface area contributed by atoms with Gasteiger partial charge in [0, 0.05) is 0 Å². The molecule has 17 heavy (non-hydrogen) atoms. The largest absolute Gasteiger partial charge is 0.418 e. The van der Waals surface area contributed by atoms with Crippen LogP contribution in [0.5, 0.6) is 0 Å². The summed E-state index contributed by atoms with van der Waals surface area (Å²) in [7, 11) is 0. The van der Waals surface area contributed by atoms with Crippen molar-refractivity contribution in [1.29, 1.82) is 0 Å². The summed E-state index contributed by atoms with van der Waals surface area (Å²) in [5.41, 5.74) is 2.71. The summed E-state index contributed by atoms with van der Waals surface area (Å²) < 4.78 is 5.65. The number of thiazole rings is 1. The van der Waals surface area contributed by atoms with Crippen LogP contribution in [0.15, 0.2) is 9.93 Å². The normalized spacial score (nSPS) is 12.9. The standard InChI is InChI=1S/C11H16N4OS/c1-4-5-12-8(3)10-14-15-11(16-10)9-7(2)13-6-17-9/h6,8,12H,4-5H2,1-3H3. The Labute approximate surface area is 104 Å². The Morgan fingerprint density at radius 1 is 1.47 bits per heavy atom. The highest BCUT2D eigenvalue weighted by Crippen LogP contribution is 2.26. The fourth-order valence-corrected chi connectivity index (χ4v) is 2.18. The molecule has 0 radical (unpaired) electrons. The van der Waals surface area contributed by atoms with Crippen LogP contribution in [0.4, 0.5) is 0 Å². The molecule has 2 aromatic heterocycles. The zero-order chi connectivity index (χ0) is 12.3. The van der Waals surface area contributed by atoms with Gasteiger partial charge in [-0.25, -0.2) is 4.98 Å². The lowest BCUT2D eigenvalue weighted by Gasteiger charge is -2.07. The predicted octanol–water partition coefficient (Wildman–Crippen LogP) is 2.56. The number of rotatable bonds is 5. The van der Waals surface area contributed by atoms with Crippen molar-refractivity contribution >= 4 is 11.3 Å². The number of aromatic nitrogens is 3. The highest BCUT2D eigenvalue weighted by atomic mass is 32.1. The monoisotopic (exact) mass is 252 g/mol. The summed E-state index contributed by atoms with van der Waals surface area (Å²) >= 11 is 1.52. The third-order valence-corrected chi connectivity index (χ3v) is 3.37. The molecule has 6 heteroatoms. The van der Waals surface area contributed by atoms with E-state index < -0.39 is 0 Å². The van der Waals surface area contributed by atoms with Gasteiger partial charge >= 0.3 is 0 Å². The lowest BCUT2D eigenvalue weighted by Crippen LogP contribution is -2.19. The second kappa shape index (κ2) is 5.37. The molecule has 2 heterocycles. The van der Waals surface area contributed by atoms with Crippen molar-refractivity contribution in [2.75, 3.05) is 6.54 Å². The number of aryl methyl sites for hydroxylation is 1. The van der Waals surface area contributed by atoms with E-state index >= 15 is 0 Å². The van der Waals surface area contributed by atoms with E-state index in [-0.39, 0.29) is 6.04 Å². The minimum Gasteiger partial charge on any atom is -0.418 e. The van der Waals surface area contributed by atoms with Crippen LogP contribution >= 0.6 is 11.3 Å². The van der Waals surface area contributed by atoms with E-state index in [0.717, 1.165) is 23.5 Å². The molecular formula is C11H16N4OS. The second-order valence-corrected chi connectivity index (χ2v) is 4.74. The minimum absolute atomic E-state index is 0.0874. The van der Waals surface area contributed by atoms with E-state index in [0.29, 0.717) is 11.8 Å². The van der Waals surface area contributed by atoms with Gasteiger partial charge in [-0.15, -0.1) is 21.5 Å². The maximum absolute atomic E-state index is 5.65. The zero-order valence-electron chi connectivity index (χ0n) is 10.2. The molecule has 0 bridgehead atoms. The topological polar surface area (TPSA) is 63.8 Å². The van der Waals surface area contributed by atoms with Crippen molar-refractivity contribution in [2.24, 2.45) is 0 Å². The fraction of sp³-hybridized carbons (Fsp3) is 0.545. The fourth-order valence-electron chi connectivity index (χ4n) is 1.46. The number of nitrogens with zero attached hydrogens (tertiary/aromatic N) is 3. The molecular weight excluding hydrogens is 236 g/mol. The first kappa shape index (κ1) is 12.2. The first-order valence-corrected chi connectivity index (χ1v) is 6.57. The smallest absolute Gasteiger partial charge is 0.259 e. The summed E-state index contributed by atoms with van der Waals surface area (Å²) in [4.78, 5) is 5.12. The molecule has 92 valence electrons. The first-order valence-electron chi connectivity index (χ1n) is 5.69. The van der Waals surface area contributed by atoms with Crippen molar-refractivity contribution in [3.8, 4) is 10.8 Å². The van der Waals surface area contributed by atoms with Crippen molar-refractivity contribution in [2.45, 2.75) is 33.2 Å². The van der Waals surface area contributed by atoms with Crippen molar-refractivity contribution in [1.82, 2.24) is 20.5 Å². The average molecular weight is 252 g/mol. The van der Waals surface area contributed by atoms with Crippen LogP contribution in [0.2, 0.25) is 0 Å². The molecule has 2 aromatic rings. The molecule has 5 nitrogen and oxygen atoms in total. The lowest BCUT2D eigenvalue weighted by atomic mass is 10.3. The number of hydrogen-bond donors (Lipinski definition) is 1. The van der Waals surface area contributed by atoms with E-state index in [1.54, 1.807) is 5.51 Å². The van der Waals surface area contributed by atoms with Crippen LogP contribution in [-0.4, -0.2) is 21.7 Å². The SMILES string of the molecule is CCCNC(C)c1nnc(-c2scnc2C)o1. The Hall–Kier alpha value is -1.27. The molecule has 0 aromatic carbocycles. The van der Waals surface area contributed by atoms with E-state index in [1.807, 2.05) is 13.8 Å². The number of hydrogen-bond acceptors (Lipinski definition) is 6. The summed E-state index contributed by atoms with van der Waals surface area (Å²) in [6.07, 6.45) is 1.08. The molecule has 0 saturated carbocycles. The first-order chi connectivity index (χ1) is 8.22. The summed E-state index contributed by atoms with van der Waals surface area (Å²) in [6, 6.07) is 0.0874. The second-order valence-electron chi connectivity index (χ2n) is 3.89. The molecule has 0 amide bonds. The maximum atomic E-state index is 5.65. The van der Waals surface area contributed by atoms with Gasteiger partial charge in [-0.1, -0.05) is 6.92 Å². The quantitative estimate of drug-likeness (QED) is 0.886. The summed E-state index contributed by atoms with van der Waals surface area (Å²) in [6.45, 7) is 7.03. The van der Waals surface area contributed by atoms with E-state index in [2.05, 4.69) is 27.4 Å². The van der Waals surface area contributed by atoms with Crippen LogP contribution in [-0.2, 0) is 0 Å². The predicted molar refractivity (Wildman–Crippen MR) is 66.9 cm³/mol. The molecule has 1 unspecified atom stereocenters. The maximum Gasteiger partial charge on any atom is 0.259 e. The van der Waals surface area contributed by atoms with Gasteiger partial charge < -0.3 is 9.73 Å². The van der Waals surface area contributed by atoms with Gasteiger partial charge in [-0.2, -0.15) is 0 Å². The molecule has 0 spiro atoms. The van der Waals surface area contributed by atoms with Crippen LogP contribution < -0.4 is 5.32 Å². The van der Waals surface area contributed by atoms with E-state index in [4.69, 9.17) is 4.42 Å². The van der Waals surface area contributed by atoms with Gasteiger partial charge in [-0.05, 0) is 26.8 Å². The van der Waals surface area contributed by atoms with Gasteiger partial charge in [0.05, 0.1) is 17.2 Å². The van der Waals surface area contributed by atoms with Crippen LogP contribution in [0.25, 0.3) is 10.8 Å². The summed E-state index contributed by atoms with van der Waals surface area (Å²) in [5, 5.41) is 11.4. The Kier molecular flexibility index (Phi) is 3.86. The molecule has 1 N–H and O–H groups in total. The molecule has 0 aliphatic rings. The Morgan fingerprint density at radius 2 is 2.29 bits per heavy atom.